The molecule has 1 unspecified atom stereocenters. The van der Waals surface area contributed by atoms with E-state index in [0.717, 1.165) is 17.9 Å². The van der Waals surface area contributed by atoms with Gasteiger partial charge in [-0.15, -0.1) is 0 Å². The molecular formula is C8H20N2O2S3. The van der Waals surface area contributed by atoms with Crippen LogP contribution < -0.4 is 11.5 Å². The molecule has 0 aliphatic rings. The van der Waals surface area contributed by atoms with Crippen LogP contribution in [0.2, 0.25) is 0 Å². The third kappa shape index (κ3) is 11.0. The SMILES string of the molecule is CC[C@H](N)CSSC[C@@H](N)CCS(=O)O. The Morgan fingerprint density at radius 3 is 2.27 bits per heavy atom. The maximum Gasteiger partial charge on any atom is 0.152 e. The van der Waals surface area contributed by atoms with Crippen molar-refractivity contribution in [1.82, 2.24) is 0 Å². The lowest BCUT2D eigenvalue weighted by Gasteiger charge is -2.10. The van der Waals surface area contributed by atoms with Crippen molar-refractivity contribution in [1.29, 1.82) is 0 Å². The molecule has 0 saturated heterocycles. The van der Waals surface area contributed by atoms with E-state index in [2.05, 4.69) is 6.92 Å². The first-order valence-electron chi connectivity index (χ1n) is 4.89. The van der Waals surface area contributed by atoms with Crippen LogP contribution in [0.15, 0.2) is 0 Å². The smallest absolute Gasteiger partial charge is 0.152 e. The van der Waals surface area contributed by atoms with Gasteiger partial charge in [0.1, 0.15) is 0 Å². The maximum atomic E-state index is 10.4. The van der Waals surface area contributed by atoms with Crippen molar-refractivity contribution in [3.05, 3.63) is 0 Å². The fraction of sp³-hybridized carbons (Fsp3) is 1.00. The van der Waals surface area contributed by atoms with Crippen LogP contribution in [-0.4, -0.2) is 38.1 Å². The topological polar surface area (TPSA) is 89.3 Å². The standard InChI is InChI=1S/C8H20N2O2S3/c1-2-7(9)5-13-14-6-8(10)3-4-15(11)12/h7-8H,2-6,9-10H2,1H3,(H,11,12)/t7-,8-/m0/s1. The Kier molecular flexibility index (Phi) is 10.4. The van der Waals surface area contributed by atoms with E-state index in [1.165, 1.54) is 0 Å². The average molecular weight is 272 g/mol. The number of hydrogen-bond acceptors (Lipinski definition) is 5. The van der Waals surface area contributed by atoms with Crippen molar-refractivity contribution in [2.45, 2.75) is 31.8 Å². The summed E-state index contributed by atoms with van der Waals surface area (Å²) in [6.45, 7) is 2.07. The molecule has 5 N–H and O–H groups in total. The van der Waals surface area contributed by atoms with E-state index >= 15 is 0 Å². The van der Waals surface area contributed by atoms with Crippen molar-refractivity contribution in [3.63, 3.8) is 0 Å². The second kappa shape index (κ2) is 9.92. The Morgan fingerprint density at radius 2 is 1.80 bits per heavy atom. The van der Waals surface area contributed by atoms with Gasteiger partial charge in [-0.2, -0.15) is 0 Å². The summed E-state index contributed by atoms with van der Waals surface area (Å²) in [5.41, 5.74) is 11.5. The molecule has 92 valence electrons. The summed E-state index contributed by atoms with van der Waals surface area (Å²) in [4.78, 5) is 0. The first-order valence-corrected chi connectivity index (χ1v) is 8.65. The van der Waals surface area contributed by atoms with Gasteiger partial charge in [0.25, 0.3) is 0 Å². The van der Waals surface area contributed by atoms with E-state index in [1.54, 1.807) is 21.6 Å². The second-order valence-electron chi connectivity index (χ2n) is 3.31. The summed E-state index contributed by atoms with van der Waals surface area (Å²) < 4.78 is 19.0. The minimum absolute atomic E-state index is 0.00329. The minimum Gasteiger partial charge on any atom is -0.327 e. The van der Waals surface area contributed by atoms with Gasteiger partial charge < -0.3 is 16.0 Å². The third-order valence-electron chi connectivity index (χ3n) is 1.84. The van der Waals surface area contributed by atoms with Crippen LogP contribution >= 0.6 is 21.6 Å². The van der Waals surface area contributed by atoms with Crippen molar-refractivity contribution in [2.75, 3.05) is 17.3 Å². The average Bonchev–Trinajstić information content (AvgIpc) is 2.21. The molecule has 15 heavy (non-hydrogen) atoms. The molecule has 0 aliphatic heterocycles. The van der Waals surface area contributed by atoms with Crippen molar-refractivity contribution >= 4 is 32.7 Å². The van der Waals surface area contributed by atoms with Gasteiger partial charge in [-0.3, -0.25) is 0 Å². The quantitative estimate of drug-likeness (QED) is 0.330. The normalized spacial score (nSPS) is 17.3. The molecule has 3 atom stereocenters. The molecular weight excluding hydrogens is 252 g/mol. The van der Waals surface area contributed by atoms with Gasteiger partial charge in [-0.1, -0.05) is 28.5 Å². The van der Waals surface area contributed by atoms with E-state index in [0.29, 0.717) is 6.42 Å². The molecule has 0 fully saturated rings. The third-order valence-corrected chi connectivity index (χ3v) is 5.03. The molecule has 0 aromatic carbocycles. The zero-order valence-electron chi connectivity index (χ0n) is 8.93. The van der Waals surface area contributed by atoms with Gasteiger partial charge in [0.2, 0.25) is 0 Å². The van der Waals surface area contributed by atoms with Gasteiger partial charge in [0, 0.05) is 23.6 Å². The van der Waals surface area contributed by atoms with Crippen LogP contribution in [0.4, 0.5) is 0 Å². The fourth-order valence-corrected chi connectivity index (χ4v) is 3.80. The van der Waals surface area contributed by atoms with E-state index in [4.69, 9.17) is 16.0 Å². The van der Waals surface area contributed by atoms with E-state index < -0.39 is 11.1 Å². The maximum absolute atomic E-state index is 10.4. The highest BCUT2D eigenvalue weighted by Crippen LogP contribution is 2.23. The Labute approximate surface area is 102 Å². The number of rotatable bonds is 9. The molecule has 0 spiro atoms. The van der Waals surface area contributed by atoms with E-state index in [1.807, 2.05) is 0 Å². The molecule has 0 amide bonds. The highest BCUT2D eigenvalue weighted by molar-refractivity contribution is 8.76. The zero-order chi connectivity index (χ0) is 11.7. The Morgan fingerprint density at radius 1 is 1.27 bits per heavy atom. The van der Waals surface area contributed by atoms with Gasteiger partial charge >= 0.3 is 0 Å². The van der Waals surface area contributed by atoms with Gasteiger partial charge in [-0.05, 0) is 12.8 Å². The van der Waals surface area contributed by atoms with E-state index in [-0.39, 0.29) is 17.8 Å². The van der Waals surface area contributed by atoms with Crippen LogP contribution in [-0.2, 0) is 11.1 Å². The lowest BCUT2D eigenvalue weighted by atomic mass is 10.3. The Balaban J connectivity index is 3.31. The molecule has 4 nitrogen and oxygen atoms in total. The first-order chi connectivity index (χ1) is 7.06. The van der Waals surface area contributed by atoms with Crippen LogP contribution in [0.5, 0.6) is 0 Å². The molecule has 0 saturated carbocycles. The molecule has 0 aromatic heterocycles. The summed E-state index contributed by atoms with van der Waals surface area (Å²) in [6, 6.07) is 0.250. The highest BCUT2D eigenvalue weighted by atomic mass is 33.1. The predicted molar refractivity (Wildman–Crippen MR) is 71.4 cm³/mol. The summed E-state index contributed by atoms with van der Waals surface area (Å²) in [6.07, 6.45) is 1.58. The van der Waals surface area contributed by atoms with Crippen LogP contribution in [0, 0.1) is 0 Å². The van der Waals surface area contributed by atoms with Gasteiger partial charge in [0.15, 0.2) is 11.1 Å². The molecule has 7 heteroatoms. The van der Waals surface area contributed by atoms with Crippen LogP contribution in [0.1, 0.15) is 19.8 Å². The Bertz CT molecular complexity index is 183. The summed E-state index contributed by atoms with van der Waals surface area (Å²) >= 11 is -1.72. The highest BCUT2D eigenvalue weighted by Gasteiger charge is 2.06. The lowest BCUT2D eigenvalue weighted by Crippen LogP contribution is -2.25. The van der Waals surface area contributed by atoms with E-state index in [9.17, 15) is 4.21 Å². The van der Waals surface area contributed by atoms with Gasteiger partial charge in [0.05, 0.1) is 5.75 Å². The second-order valence-corrected chi connectivity index (χ2v) is 6.92. The van der Waals surface area contributed by atoms with Crippen molar-refractivity contribution in [2.24, 2.45) is 11.5 Å². The zero-order valence-corrected chi connectivity index (χ0v) is 11.4. The molecule has 0 radical (unpaired) electrons. The van der Waals surface area contributed by atoms with Crippen molar-refractivity contribution < 1.29 is 8.76 Å². The minimum atomic E-state index is -1.72. The summed E-state index contributed by atoms with van der Waals surface area (Å²) in [7, 11) is 3.41. The molecule has 0 aliphatic carbocycles. The fourth-order valence-electron chi connectivity index (χ4n) is 0.724. The predicted octanol–water partition coefficient (Wildman–Crippen LogP) is 1.04. The molecule has 0 aromatic rings. The first kappa shape index (κ1) is 15.7. The van der Waals surface area contributed by atoms with Crippen LogP contribution in [0.3, 0.4) is 0 Å². The van der Waals surface area contributed by atoms with Crippen LogP contribution in [0.25, 0.3) is 0 Å². The number of hydrogen-bond donors (Lipinski definition) is 3. The number of nitrogens with two attached hydrogens (primary N) is 2. The van der Waals surface area contributed by atoms with Crippen molar-refractivity contribution in [3.8, 4) is 0 Å². The Hall–Kier alpha value is 0.730. The molecule has 0 rings (SSSR count). The molecule has 0 heterocycles. The largest absolute Gasteiger partial charge is 0.327 e. The lowest BCUT2D eigenvalue weighted by molar-refractivity contribution is 0.557. The molecule has 0 bridgehead atoms. The summed E-state index contributed by atoms with van der Waals surface area (Å²) in [5, 5.41) is 0. The van der Waals surface area contributed by atoms with Gasteiger partial charge in [-0.25, -0.2) is 4.21 Å². The summed E-state index contributed by atoms with van der Waals surface area (Å²) in [5.74, 6) is 2.00. The monoisotopic (exact) mass is 272 g/mol.